The van der Waals surface area contributed by atoms with Gasteiger partial charge in [-0.15, -0.1) is 0 Å². The van der Waals surface area contributed by atoms with Crippen LogP contribution in [0.25, 0.3) is 0 Å². The molecule has 0 bridgehead atoms. The van der Waals surface area contributed by atoms with Crippen LogP contribution in [0.15, 0.2) is 30.3 Å². The van der Waals surface area contributed by atoms with Crippen molar-refractivity contribution in [3.8, 4) is 0 Å². The number of unbranched alkanes of at least 4 members (excludes halogenated alkanes) is 3. The van der Waals surface area contributed by atoms with Crippen molar-refractivity contribution in [2.24, 2.45) is 11.8 Å². The van der Waals surface area contributed by atoms with Crippen LogP contribution >= 0.6 is 11.8 Å². The van der Waals surface area contributed by atoms with Crippen molar-refractivity contribution >= 4 is 17.7 Å². The van der Waals surface area contributed by atoms with Gasteiger partial charge in [-0.25, -0.2) is 0 Å². The van der Waals surface area contributed by atoms with E-state index in [0.717, 1.165) is 18.1 Å². The summed E-state index contributed by atoms with van der Waals surface area (Å²) in [6.07, 6.45) is 11.3. The first-order valence-electron chi connectivity index (χ1n) is 10.5. The summed E-state index contributed by atoms with van der Waals surface area (Å²) in [5.41, 5.74) is 1.24. The van der Waals surface area contributed by atoms with Gasteiger partial charge in [0.15, 0.2) is 0 Å². The first kappa shape index (κ1) is 23.1. The van der Waals surface area contributed by atoms with Crippen LogP contribution in [0.4, 0.5) is 0 Å². The quantitative estimate of drug-likeness (QED) is 0.340. The van der Waals surface area contributed by atoms with Crippen molar-refractivity contribution in [2.45, 2.75) is 83.8 Å². The molecule has 0 fully saturated rings. The number of hydrogen-bond donors (Lipinski definition) is 1. The van der Waals surface area contributed by atoms with Crippen LogP contribution in [-0.2, 0) is 11.2 Å². The van der Waals surface area contributed by atoms with E-state index >= 15 is 0 Å². The molecule has 0 saturated carbocycles. The van der Waals surface area contributed by atoms with Crippen LogP contribution in [0.2, 0.25) is 0 Å². The standard InChI is InChI=1S/C23H38O2S/c1-4-6-9-13-20(12-7-5-2)16-17-26-22(19(3)23(24)25)18-21-14-10-8-11-15-21/h8,10-11,14-15,19-20,22H,4-7,9,12-13,16-18H2,1-3H3,(H,24,25). The maximum atomic E-state index is 11.5. The minimum absolute atomic E-state index is 0.150. The minimum atomic E-state index is -0.677. The van der Waals surface area contributed by atoms with Crippen LogP contribution in [-0.4, -0.2) is 22.1 Å². The molecular formula is C23H38O2S. The van der Waals surface area contributed by atoms with Gasteiger partial charge in [0.1, 0.15) is 0 Å². The smallest absolute Gasteiger partial charge is 0.307 e. The first-order valence-corrected chi connectivity index (χ1v) is 11.5. The van der Waals surface area contributed by atoms with Crippen LogP contribution in [0.1, 0.15) is 77.7 Å². The predicted octanol–water partition coefficient (Wildman–Crippen LogP) is 6.83. The van der Waals surface area contributed by atoms with Gasteiger partial charge >= 0.3 is 5.97 Å². The normalized spacial score (nSPS) is 14.7. The molecular weight excluding hydrogens is 340 g/mol. The molecule has 0 spiro atoms. The lowest BCUT2D eigenvalue weighted by Crippen LogP contribution is -2.25. The highest BCUT2D eigenvalue weighted by Crippen LogP contribution is 2.28. The fourth-order valence-corrected chi connectivity index (χ4v) is 4.87. The first-order chi connectivity index (χ1) is 12.6. The Balaban J connectivity index is 2.55. The summed E-state index contributed by atoms with van der Waals surface area (Å²) in [4.78, 5) is 11.5. The molecule has 0 aliphatic rings. The van der Waals surface area contributed by atoms with Gasteiger partial charge < -0.3 is 5.11 Å². The zero-order valence-corrected chi connectivity index (χ0v) is 17.8. The number of rotatable bonds is 15. The number of carbonyl (C=O) groups is 1. The lowest BCUT2D eigenvalue weighted by molar-refractivity contribution is -0.141. The van der Waals surface area contributed by atoms with E-state index < -0.39 is 5.97 Å². The second-order valence-electron chi connectivity index (χ2n) is 7.52. The van der Waals surface area contributed by atoms with Gasteiger partial charge in [-0.3, -0.25) is 4.79 Å². The van der Waals surface area contributed by atoms with E-state index in [2.05, 4.69) is 26.0 Å². The van der Waals surface area contributed by atoms with E-state index in [1.54, 1.807) is 0 Å². The molecule has 0 aromatic heterocycles. The molecule has 1 aromatic carbocycles. The lowest BCUT2D eigenvalue weighted by atomic mass is 9.93. The molecule has 0 aliphatic carbocycles. The Morgan fingerprint density at radius 2 is 1.65 bits per heavy atom. The zero-order valence-electron chi connectivity index (χ0n) is 17.0. The highest BCUT2D eigenvalue weighted by molar-refractivity contribution is 7.99. The van der Waals surface area contributed by atoms with Crippen LogP contribution in [0.3, 0.4) is 0 Å². The third-order valence-corrected chi connectivity index (χ3v) is 6.74. The van der Waals surface area contributed by atoms with Crippen LogP contribution < -0.4 is 0 Å². The molecule has 1 rings (SSSR count). The molecule has 3 heteroatoms. The fraction of sp³-hybridized carbons (Fsp3) is 0.696. The zero-order chi connectivity index (χ0) is 19.2. The van der Waals surface area contributed by atoms with Crippen LogP contribution in [0, 0.1) is 11.8 Å². The van der Waals surface area contributed by atoms with E-state index in [1.807, 2.05) is 36.9 Å². The van der Waals surface area contributed by atoms with E-state index in [-0.39, 0.29) is 11.2 Å². The topological polar surface area (TPSA) is 37.3 Å². The van der Waals surface area contributed by atoms with Gasteiger partial charge in [0.2, 0.25) is 0 Å². The molecule has 0 radical (unpaired) electrons. The number of carboxylic acids is 1. The highest BCUT2D eigenvalue weighted by atomic mass is 32.2. The molecule has 2 nitrogen and oxygen atoms in total. The summed E-state index contributed by atoms with van der Waals surface area (Å²) >= 11 is 1.87. The Labute approximate surface area is 165 Å². The van der Waals surface area contributed by atoms with Gasteiger partial charge in [0, 0.05) is 5.25 Å². The van der Waals surface area contributed by atoms with E-state index in [4.69, 9.17) is 0 Å². The summed E-state index contributed by atoms with van der Waals surface area (Å²) < 4.78 is 0. The average molecular weight is 379 g/mol. The van der Waals surface area contributed by atoms with Gasteiger partial charge in [-0.2, -0.15) is 11.8 Å². The summed E-state index contributed by atoms with van der Waals surface area (Å²) in [5.74, 6) is 0.903. The number of hydrogen-bond acceptors (Lipinski definition) is 2. The van der Waals surface area contributed by atoms with E-state index in [1.165, 1.54) is 56.9 Å². The lowest BCUT2D eigenvalue weighted by Gasteiger charge is -2.22. The molecule has 148 valence electrons. The van der Waals surface area contributed by atoms with E-state index in [9.17, 15) is 9.90 Å². The fourth-order valence-electron chi connectivity index (χ4n) is 3.38. The maximum absolute atomic E-state index is 11.5. The molecule has 0 amide bonds. The summed E-state index contributed by atoms with van der Waals surface area (Å²) in [6.45, 7) is 6.39. The number of benzene rings is 1. The molecule has 3 unspecified atom stereocenters. The second kappa shape index (κ2) is 14.1. The Kier molecular flexibility index (Phi) is 12.6. The molecule has 0 aliphatic heterocycles. The molecule has 0 saturated heterocycles. The summed E-state index contributed by atoms with van der Waals surface area (Å²) in [6, 6.07) is 10.3. The summed E-state index contributed by atoms with van der Waals surface area (Å²) in [7, 11) is 0. The molecule has 26 heavy (non-hydrogen) atoms. The molecule has 1 N–H and O–H groups in total. The van der Waals surface area contributed by atoms with Gasteiger partial charge in [-0.1, -0.05) is 96.0 Å². The maximum Gasteiger partial charge on any atom is 0.307 e. The summed E-state index contributed by atoms with van der Waals surface area (Å²) in [5, 5.41) is 9.64. The van der Waals surface area contributed by atoms with Crippen molar-refractivity contribution in [3.05, 3.63) is 35.9 Å². The Morgan fingerprint density at radius 3 is 2.27 bits per heavy atom. The van der Waals surface area contributed by atoms with E-state index in [0.29, 0.717) is 0 Å². The van der Waals surface area contributed by atoms with Gasteiger partial charge in [0.05, 0.1) is 5.92 Å². The average Bonchev–Trinajstić information content (AvgIpc) is 2.65. The van der Waals surface area contributed by atoms with Gasteiger partial charge in [-0.05, 0) is 30.1 Å². The largest absolute Gasteiger partial charge is 0.481 e. The van der Waals surface area contributed by atoms with Crippen molar-refractivity contribution < 1.29 is 9.90 Å². The van der Waals surface area contributed by atoms with Crippen molar-refractivity contribution in [1.82, 2.24) is 0 Å². The second-order valence-corrected chi connectivity index (χ2v) is 8.87. The molecule has 1 aromatic rings. The van der Waals surface area contributed by atoms with Crippen LogP contribution in [0.5, 0.6) is 0 Å². The van der Waals surface area contributed by atoms with Gasteiger partial charge in [0.25, 0.3) is 0 Å². The third kappa shape index (κ3) is 9.66. The predicted molar refractivity (Wildman–Crippen MR) is 115 cm³/mol. The molecule has 3 atom stereocenters. The Hall–Kier alpha value is -0.960. The Morgan fingerprint density at radius 1 is 1.00 bits per heavy atom. The Bertz CT molecular complexity index is 474. The number of carboxylic acid groups (broad SMARTS) is 1. The van der Waals surface area contributed by atoms with Crippen molar-refractivity contribution in [2.75, 3.05) is 5.75 Å². The molecule has 0 heterocycles. The third-order valence-electron chi connectivity index (χ3n) is 5.27. The minimum Gasteiger partial charge on any atom is -0.481 e. The monoisotopic (exact) mass is 378 g/mol. The number of aliphatic carboxylic acids is 1. The number of thioether (sulfide) groups is 1. The van der Waals surface area contributed by atoms with Crippen molar-refractivity contribution in [3.63, 3.8) is 0 Å². The van der Waals surface area contributed by atoms with Crippen molar-refractivity contribution in [1.29, 1.82) is 0 Å². The SMILES string of the molecule is CCCCCC(CCCC)CCSC(Cc1ccccc1)C(C)C(=O)O. The highest BCUT2D eigenvalue weighted by Gasteiger charge is 2.24.